The molecule has 2 aliphatic rings. The van der Waals surface area contributed by atoms with E-state index in [1.165, 1.54) is 0 Å². The van der Waals surface area contributed by atoms with Crippen LogP contribution < -0.4 is 0 Å². The summed E-state index contributed by atoms with van der Waals surface area (Å²) in [5, 5.41) is 28.1. The summed E-state index contributed by atoms with van der Waals surface area (Å²) >= 11 is 0. The van der Waals surface area contributed by atoms with Crippen LogP contribution in [0.1, 0.15) is 29.4 Å². The maximum atomic E-state index is 9.70. The van der Waals surface area contributed by atoms with E-state index in [4.69, 9.17) is 5.26 Å². The second kappa shape index (κ2) is 2.13. The number of nitrogens with zero attached hydrogens (tertiary/aromatic N) is 2. The number of aromatic nitrogens is 1. The van der Waals surface area contributed by atoms with Gasteiger partial charge in [0.25, 0.3) is 0 Å². The van der Waals surface area contributed by atoms with Gasteiger partial charge >= 0.3 is 0 Å². The largest absolute Gasteiger partial charge is 0.493 e. The number of fused-ring (bicyclic) bond motifs is 5. The number of allylic oxidation sites excluding steroid dienone is 2. The third-order valence-corrected chi connectivity index (χ3v) is 3.12. The van der Waals surface area contributed by atoms with Crippen molar-refractivity contribution in [2.45, 2.75) is 18.3 Å². The molecule has 0 spiro atoms. The summed E-state index contributed by atoms with van der Waals surface area (Å²) in [6.45, 7) is 0. The summed E-state index contributed by atoms with van der Waals surface area (Å²) in [6.07, 6.45) is 6.71. The molecule has 2 atom stereocenters. The lowest BCUT2D eigenvalue weighted by atomic mass is 10.0. The molecule has 4 nitrogen and oxygen atoms in total. The van der Waals surface area contributed by atoms with Crippen molar-refractivity contribution in [1.82, 2.24) is 4.57 Å². The zero-order valence-electron chi connectivity index (χ0n) is 7.31. The molecule has 0 aromatic carbocycles. The molecule has 2 unspecified atom stereocenters. The Labute approximate surface area is 80.3 Å². The molecule has 4 heteroatoms. The smallest absolute Gasteiger partial charge is 0.211 e. The highest BCUT2D eigenvalue weighted by Crippen LogP contribution is 2.56. The van der Waals surface area contributed by atoms with E-state index in [0.717, 1.165) is 22.1 Å². The summed E-state index contributed by atoms with van der Waals surface area (Å²) < 4.78 is 0.886. The predicted molar refractivity (Wildman–Crippen MR) is 48.0 cm³/mol. The number of hydrogen-bond donors (Lipinski definition) is 2. The van der Waals surface area contributed by atoms with E-state index in [0.29, 0.717) is 0 Å². The van der Waals surface area contributed by atoms with Crippen LogP contribution in [0.4, 0.5) is 0 Å². The number of hydrogen-bond acceptors (Lipinski definition) is 3. The normalized spacial score (nSPS) is 26.5. The van der Waals surface area contributed by atoms with Gasteiger partial charge in [-0.25, -0.2) is 0 Å². The van der Waals surface area contributed by atoms with Crippen LogP contribution in [0, 0.1) is 11.5 Å². The molecule has 2 aliphatic carbocycles. The van der Waals surface area contributed by atoms with Crippen LogP contribution in [0.2, 0.25) is 0 Å². The Bertz CT molecular complexity index is 458. The first-order valence-electron chi connectivity index (χ1n) is 4.49. The summed E-state index contributed by atoms with van der Waals surface area (Å²) in [5.41, 5.74) is 1.47. The maximum absolute atomic E-state index is 9.70. The van der Waals surface area contributed by atoms with Crippen LogP contribution in [0.5, 0.6) is 11.8 Å². The van der Waals surface area contributed by atoms with Gasteiger partial charge in [0.1, 0.15) is 0 Å². The van der Waals surface area contributed by atoms with Crippen molar-refractivity contribution in [1.29, 1.82) is 5.26 Å². The highest BCUT2D eigenvalue weighted by Gasteiger charge is 2.41. The fourth-order valence-electron chi connectivity index (χ4n) is 2.54. The van der Waals surface area contributed by atoms with Crippen molar-refractivity contribution in [3.63, 3.8) is 0 Å². The molecule has 14 heavy (non-hydrogen) atoms. The molecule has 3 rings (SSSR count). The molecule has 1 aromatic heterocycles. The average molecular weight is 188 g/mol. The van der Waals surface area contributed by atoms with E-state index >= 15 is 0 Å². The third-order valence-electron chi connectivity index (χ3n) is 3.12. The lowest BCUT2D eigenvalue weighted by Gasteiger charge is -2.02. The first-order chi connectivity index (χ1) is 6.74. The van der Waals surface area contributed by atoms with Crippen LogP contribution in [0.15, 0.2) is 12.2 Å². The molecule has 0 aliphatic heterocycles. The summed E-state index contributed by atoms with van der Waals surface area (Å²) in [5.74, 6) is 0.152. The topological polar surface area (TPSA) is 69.2 Å². The van der Waals surface area contributed by atoms with Gasteiger partial charge < -0.3 is 10.2 Å². The second-order valence-electron chi connectivity index (χ2n) is 3.74. The number of nitriles is 1. The Morgan fingerprint density at radius 1 is 1.21 bits per heavy atom. The molecular formula is C10H8N2O2. The number of aromatic hydroxyl groups is 2. The summed E-state index contributed by atoms with van der Waals surface area (Å²) in [7, 11) is 0. The van der Waals surface area contributed by atoms with Gasteiger partial charge in [0.15, 0.2) is 6.19 Å². The summed E-state index contributed by atoms with van der Waals surface area (Å²) in [6, 6.07) is 0. The van der Waals surface area contributed by atoms with Crippen LogP contribution in [0.25, 0.3) is 0 Å². The van der Waals surface area contributed by atoms with Crippen LogP contribution in [-0.4, -0.2) is 14.8 Å². The van der Waals surface area contributed by atoms with Crippen molar-refractivity contribution >= 4 is 0 Å². The Morgan fingerprint density at radius 2 is 1.71 bits per heavy atom. The van der Waals surface area contributed by atoms with Gasteiger partial charge in [-0.15, -0.1) is 0 Å². The molecule has 0 radical (unpaired) electrons. The molecule has 0 amide bonds. The minimum Gasteiger partial charge on any atom is -0.493 e. The minimum absolute atomic E-state index is 0.100. The van der Waals surface area contributed by atoms with Crippen molar-refractivity contribution < 1.29 is 10.2 Å². The monoisotopic (exact) mass is 188 g/mol. The van der Waals surface area contributed by atoms with Gasteiger partial charge in [-0.3, -0.25) is 0 Å². The molecular weight excluding hydrogens is 180 g/mol. The van der Waals surface area contributed by atoms with Gasteiger partial charge in [0.05, 0.1) is 0 Å². The molecule has 0 saturated carbocycles. The predicted octanol–water partition coefficient (Wildman–Crippen LogP) is 1.37. The fraction of sp³-hybridized carbons (Fsp3) is 0.300. The fourth-order valence-corrected chi connectivity index (χ4v) is 2.54. The van der Waals surface area contributed by atoms with E-state index in [9.17, 15) is 10.2 Å². The molecule has 2 N–H and O–H groups in total. The Hall–Kier alpha value is -1.89. The SMILES string of the molecule is N#Cn1c(O)c2c(c1O)C1C=CC2C1. The zero-order chi connectivity index (χ0) is 9.87. The minimum atomic E-state index is -0.100. The van der Waals surface area contributed by atoms with Crippen LogP contribution in [0.3, 0.4) is 0 Å². The van der Waals surface area contributed by atoms with Gasteiger partial charge in [-0.1, -0.05) is 12.2 Å². The highest BCUT2D eigenvalue weighted by molar-refractivity contribution is 5.59. The zero-order valence-corrected chi connectivity index (χ0v) is 7.31. The quantitative estimate of drug-likeness (QED) is 0.604. The number of rotatable bonds is 0. The van der Waals surface area contributed by atoms with Gasteiger partial charge in [-0.05, 0) is 6.42 Å². The van der Waals surface area contributed by atoms with E-state index in [-0.39, 0.29) is 23.6 Å². The third kappa shape index (κ3) is 0.609. The second-order valence-corrected chi connectivity index (χ2v) is 3.74. The molecule has 0 saturated heterocycles. The average Bonchev–Trinajstić information content (AvgIpc) is 2.80. The summed E-state index contributed by atoms with van der Waals surface area (Å²) in [4.78, 5) is 0. The van der Waals surface area contributed by atoms with Gasteiger partial charge in [0.2, 0.25) is 11.8 Å². The van der Waals surface area contributed by atoms with Crippen molar-refractivity contribution in [3.8, 4) is 18.0 Å². The van der Waals surface area contributed by atoms with Crippen molar-refractivity contribution in [2.24, 2.45) is 0 Å². The van der Waals surface area contributed by atoms with E-state index in [1.807, 2.05) is 12.2 Å². The molecule has 1 heterocycles. The Morgan fingerprint density at radius 3 is 2.14 bits per heavy atom. The van der Waals surface area contributed by atoms with E-state index in [1.54, 1.807) is 6.19 Å². The lowest BCUT2D eigenvalue weighted by Crippen LogP contribution is -1.90. The molecule has 0 fully saturated rings. The Balaban J connectivity index is 2.34. The van der Waals surface area contributed by atoms with Crippen molar-refractivity contribution in [3.05, 3.63) is 23.3 Å². The first-order valence-corrected chi connectivity index (χ1v) is 4.49. The van der Waals surface area contributed by atoms with E-state index < -0.39 is 0 Å². The first kappa shape index (κ1) is 7.51. The van der Waals surface area contributed by atoms with Crippen LogP contribution >= 0.6 is 0 Å². The molecule has 1 aromatic rings. The van der Waals surface area contributed by atoms with Crippen molar-refractivity contribution in [2.75, 3.05) is 0 Å². The maximum Gasteiger partial charge on any atom is 0.211 e. The van der Waals surface area contributed by atoms with E-state index in [2.05, 4.69) is 0 Å². The van der Waals surface area contributed by atoms with Crippen LogP contribution in [-0.2, 0) is 0 Å². The van der Waals surface area contributed by atoms with Gasteiger partial charge in [-0.2, -0.15) is 9.83 Å². The Kier molecular flexibility index (Phi) is 1.14. The lowest BCUT2D eigenvalue weighted by molar-refractivity contribution is 0.397. The highest BCUT2D eigenvalue weighted by atomic mass is 16.3. The van der Waals surface area contributed by atoms with Gasteiger partial charge in [0, 0.05) is 23.0 Å². The molecule has 70 valence electrons. The standard InChI is InChI=1S/C10H8N2O2/c11-4-12-9(13)7-5-1-2-6(3-5)8(7)10(12)14/h1-2,5-6,13-14H,3H2. The molecule has 2 bridgehead atoms.